The topological polar surface area (TPSA) is 44.8 Å². The summed E-state index contributed by atoms with van der Waals surface area (Å²) in [7, 11) is 0. The summed E-state index contributed by atoms with van der Waals surface area (Å²) in [5, 5.41) is 2.95. The molecule has 1 unspecified atom stereocenters. The van der Waals surface area contributed by atoms with Gasteiger partial charge in [0.25, 0.3) is 0 Å². The lowest BCUT2D eigenvalue weighted by atomic mass is 10.1. The Labute approximate surface area is 180 Å². The first-order valence-corrected chi connectivity index (χ1v) is 10.1. The van der Waals surface area contributed by atoms with Crippen LogP contribution in [0, 0.1) is 0 Å². The van der Waals surface area contributed by atoms with E-state index in [1.807, 2.05) is 26.0 Å². The van der Waals surface area contributed by atoms with Crippen molar-refractivity contribution in [3.05, 3.63) is 71.8 Å². The maximum Gasteiger partial charge on any atom is 0.407 e. The molecule has 0 spiro atoms. The Morgan fingerprint density at radius 3 is 2.17 bits per heavy atom. The Morgan fingerprint density at radius 1 is 1.00 bits per heavy atom. The molecule has 6 heteroatoms. The number of halogens is 1. The van der Waals surface area contributed by atoms with Gasteiger partial charge in [-0.3, -0.25) is 9.80 Å². The number of hydrogen-bond donors (Lipinski definition) is 1. The minimum atomic E-state index is -0.338. The molecule has 1 aliphatic rings. The molecule has 1 amide bonds. The van der Waals surface area contributed by atoms with Crippen LogP contribution in [0.4, 0.5) is 4.79 Å². The zero-order valence-electron chi connectivity index (χ0n) is 17.3. The maximum atomic E-state index is 12.0. The van der Waals surface area contributed by atoms with Crippen LogP contribution in [0.15, 0.2) is 60.7 Å². The number of alkyl carbamates (subject to hydrolysis) is 1. The number of carbonyl (C=O) groups is 1. The van der Waals surface area contributed by atoms with Gasteiger partial charge >= 0.3 is 6.09 Å². The molecule has 3 rings (SSSR count). The van der Waals surface area contributed by atoms with Gasteiger partial charge in [0.1, 0.15) is 0 Å². The first-order chi connectivity index (χ1) is 13.6. The van der Waals surface area contributed by atoms with Crippen molar-refractivity contribution in [1.29, 1.82) is 0 Å². The molecule has 0 saturated carbocycles. The van der Waals surface area contributed by atoms with E-state index in [-0.39, 0.29) is 30.6 Å². The summed E-state index contributed by atoms with van der Waals surface area (Å²) >= 11 is 0. The molecule has 5 nitrogen and oxygen atoms in total. The number of piperazine rings is 1. The van der Waals surface area contributed by atoms with Crippen LogP contribution in [-0.2, 0) is 17.8 Å². The van der Waals surface area contributed by atoms with Gasteiger partial charge in [-0.25, -0.2) is 4.79 Å². The highest BCUT2D eigenvalue weighted by Crippen LogP contribution is 2.16. The number of benzene rings is 2. The normalized spacial score (nSPS) is 17.6. The smallest absolute Gasteiger partial charge is 0.407 e. The van der Waals surface area contributed by atoms with Gasteiger partial charge in [-0.2, -0.15) is 0 Å². The Balaban J connectivity index is 0.00000300. The minimum Gasteiger partial charge on any atom is -0.447 e. The molecule has 1 heterocycles. The van der Waals surface area contributed by atoms with E-state index in [9.17, 15) is 4.79 Å². The Morgan fingerprint density at radius 2 is 1.59 bits per heavy atom. The maximum absolute atomic E-state index is 12.0. The van der Waals surface area contributed by atoms with Crippen LogP contribution in [-0.4, -0.2) is 54.2 Å². The van der Waals surface area contributed by atoms with Crippen molar-refractivity contribution < 1.29 is 9.53 Å². The second-order valence-corrected chi connectivity index (χ2v) is 7.67. The monoisotopic (exact) mass is 417 g/mol. The summed E-state index contributed by atoms with van der Waals surface area (Å²) in [6, 6.07) is 21.3. The first-order valence-electron chi connectivity index (χ1n) is 10.1. The molecule has 2 aromatic carbocycles. The third-order valence-corrected chi connectivity index (χ3v) is 4.99. The lowest BCUT2D eigenvalue weighted by Crippen LogP contribution is -2.56. The molecule has 1 atom stereocenters. The predicted octanol–water partition coefficient (Wildman–Crippen LogP) is 3.93. The van der Waals surface area contributed by atoms with E-state index in [1.165, 1.54) is 11.1 Å². The lowest BCUT2D eigenvalue weighted by molar-refractivity contribution is 0.0599. The van der Waals surface area contributed by atoms with Gasteiger partial charge in [0, 0.05) is 45.3 Å². The molecule has 0 aliphatic carbocycles. The van der Waals surface area contributed by atoms with Crippen LogP contribution in [0.3, 0.4) is 0 Å². The summed E-state index contributed by atoms with van der Waals surface area (Å²) in [5.41, 5.74) is 2.62. The SMILES string of the molecule is CC(C)OC(=O)NCC1CN(Cc2ccccc2)CCN1Cc1ccccc1.Cl. The van der Waals surface area contributed by atoms with E-state index in [0.29, 0.717) is 6.54 Å². The van der Waals surface area contributed by atoms with Crippen molar-refractivity contribution in [1.82, 2.24) is 15.1 Å². The van der Waals surface area contributed by atoms with E-state index in [2.05, 4.69) is 63.6 Å². The van der Waals surface area contributed by atoms with E-state index >= 15 is 0 Å². The summed E-state index contributed by atoms with van der Waals surface area (Å²) in [6.45, 7) is 9.07. The highest BCUT2D eigenvalue weighted by molar-refractivity contribution is 5.85. The van der Waals surface area contributed by atoms with Crippen molar-refractivity contribution in [3.8, 4) is 0 Å². The largest absolute Gasteiger partial charge is 0.447 e. The number of carbonyl (C=O) groups excluding carboxylic acids is 1. The van der Waals surface area contributed by atoms with Gasteiger partial charge in [0.05, 0.1) is 6.10 Å². The van der Waals surface area contributed by atoms with Gasteiger partial charge in [0.2, 0.25) is 0 Å². The van der Waals surface area contributed by atoms with Crippen LogP contribution >= 0.6 is 12.4 Å². The van der Waals surface area contributed by atoms with E-state index in [4.69, 9.17) is 4.74 Å². The quantitative estimate of drug-likeness (QED) is 0.741. The predicted molar refractivity (Wildman–Crippen MR) is 119 cm³/mol. The summed E-state index contributed by atoms with van der Waals surface area (Å²) in [6.07, 6.45) is -0.448. The highest BCUT2D eigenvalue weighted by Gasteiger charge is 2.27. The van der Waals surface area contributed by atoms with Gasteiger partial charge in [-0.1, -0.05) is 60.7 Å². The zero-order chi connectivity index (χ0) is 19.8. The van der Waals surface area contributed by atoms with Crippen LogP contribution in [0.25, 0.3) is 0 Å². The van der Waals surface area contributed by atoms with Crippen LogP contribution < -0.4 is 5.32 Å². The Kier molecular flexibility index (Phi) is 9.45. The van der Waals surface area contributed by atoms with Crippen molar-refractivity contribution in [2.24, 2.45) is 0 Å². The van der Waals surface area contributed by atoms with Crippen LogP contribution in [0.1, 0.15) is 25.0 Å². The van der Waals surface area contributed by atoms with Crippen molar-refractivity contribution >= 4 is 18.5 Å². The average molecular weight is 418 g/mol. The van der Waals surface area contributed by atoms with E-state index in [1.54, 1.807) is 0 Å². The molecule has 0 aromatic heterocycles. The van der Waals surface area contributed by atoms with Gasteiger partial charge in [-0.15, -0.1) is 12.4 Å². The summed E-state index contributed by atoms with van der Waals surface area (Å²) in [4.78, 5) is 16.9. The van der Waals surface area contributed by atoms with Crippen molar-refractivity contribution in [2.45, 2.75) is 39.1 Å². The lowest BCUT2D eigenvalue weighted by Gasteiger charge is -2.41. The molecule has 0 bridgehead atoms. The second-order valence-electron chi connectivity index (χ2n) is 7.67. The number of rotatable bonds is 7. The Hall–Kier alpha value is -2.08. The van der Waals surface area contributed by atoms with Gasteiger partial charge in [0.15, 0.2) is 0 Å². The standard InChI is InChI=1S/C23H31N3O2.ClH/c1-19(2)28-23(27)24-15-22-18-25(16-20-9-5-3-6-10-20)13-14-26(22)17-21-11-7-4-8-12-21;/h3-12,19,22H,13-18H2,1-2H3,(H,24,27);1H. The van der Waals surface area contributed by atoms with Crippen molar-refractivity contribution in [3.63, 3.8) is 0 Å². The van der Waals surface area contributed by atoms with Gasteiger partial charge in [-0.05, 0) is 25.0 Å². The van der Waals surface area contributed by atoms with Gasteiger partial charge < -0.3 is 10.1 Å². The average Bonchev–Trinajstić information content (AvgIpc) is 2.69. The molecule has 1 N–H and O–H groups in total. The minimum absolute atomic E-state index is 0. The fourth-order valence-corrected chi connectivity index (χ4v) is 3.62. The fraction of sp³-hybridized carbons (Fsp3) is 0.435. The number of nitrogens with zero attached hydrogens (tertiary/aromatic N) is 2. The molecular weight excluding hydrogens is 386 g/mol. The van der Waals surface area contributed by atoms with E-state index in [0.717, 1.165) is 32.7 Å². The Bertz CT molecular complexity index is 727. The molecule has 0 radical (unpaired) electrons. The molecule has 29 heavy (non-hydrogen) atoms. The number of amides is 1. The molecule has 2 aromatic rings. The molecular formula is C23H32ClN3O2. The molecule has 158 valence electrons. The fourth-order valence-electron chi connectivity index (χ4n) is 3.62. The molecule has 1 fully saturated rings. The van der Waals surface area contributed by atoms with Crippen molar-refractivity contribution in [2.75, 3.05) is 26.2 Å². The third-order valence-electron chi connectivity index (χ3n) is 4.99. The number of hydrogen-bond acceptors (Lipinski definition) is 4. The second kappa shape index (κ2) is 11.8. The summed E-state index contributed by atoms with van der Waals surface area (Å²) in [5.74, 6) is 0. The van der Waals surface area contributed by atoms with Crippen LogP contribution in [0.2, 0.25) is 0 Å². The molecule has 1 aliphatic heterocycles. The first kappa shape index (κ1) is 23.2. The number of nitrogens with one attached hydrogen (secondary N) is 1. The number of ether oxygens (including phenoxy) is 1. The third kappa shape index (κ3) is 7.69. The summed E-state index contributed by atoms with van der Waals surface area (Å²) < 4.78 is 5.24. The highest BCUT2D eigenvalue weighted by atomic mass is 35.5. The molecule has 1 saturated heterocycles. The van der Waals surface area contributed by atoms with Crippen LogP contribution in [0.5, 0.6) is 0 Å². The zero-order valence-corrected chi connectivity index (χ0v) is 18.1. The van der Waals surface area contributed by atoms with E-state index < -0.39 is 0 Å².